The molecule has 0 aliphatic heterocycles. The SMILES string of the molecule is CS(=O)(=O)O.NC(=O)c1ccc2nccc(OCOc3ccc(NC(=O)NC4CC4)c(Cl)c3)c2c1. The highest BCUT2D eigenvalue weighted by molar-refractivity contribution is 7.85. The summed E-state index contributed by atoms with van der Waals surface area (Å²) in [6.07, 6.45) is 4.33. The van der Waals surface area contributed by atoms with Crippen LogP contribution in [0.5, 0.6) is 11.5 Å². The van der Waals surface area contributed by atoms with Crippen LogP contribution in [0.1, 0.15) is 23.2 Å². The smallest absolute Gasteiger partial charge is 0.319 e. The number of fused-ring (bicyclic) bond motifs is 1. The number of urea groups is 1. The third-order valence-electron chi connectivity index (χ3n) is 4.53. The Morgan fingerprint density at radius 1 is 1.17 bits per heavy atom. The Balaban J connectivity index is 0.000000623. The summed E-state index contributed by atoms with van der Waals surface area (Å²) in [5, 5.41) is 6.54. The number of rotatable bonds is 7. The van der Waals surface area contributed by atoms with Crippen LogP contribution in [0.2, 0.25) is 5.02 Å². The molecule has 0 spiro atoms. The molecule has 3 aromatic rings. The molecule has 1 saturated carbocycles. The molecule has 4 rings (SSSR count). The van der Waals surface area contributed by atoms with Gasteiger partial charge in [-0.05, 0) is 49.2 Å². The number of halogens is 1. The van der Waals surface area contributed by atoms with E-state index in [1.165, 1.54) is 0 Å². The van der Waals surface area contributed by atoms with E-state index in [4.69, 9.17) is 31.4 Å². The van der Waals surface area contributed by atoms with E-state index in [0.717, 1.165) is 12.8 Å². The molecule has 1 aliphatic rings. The van der Waals surface area contributed by atoms with E-state index >= 15 is 0 Å². The zero-order valence-electron chi connectivity index (χ0n) is 18.5. The second-order valence-electron chi connectivity index (χ2n) is 7.56. The number of ether oxygens (including phenoxy) is 2. The summed E-state index contributed by atoms with van der Waals surface area (Å²) in [6, 6.07) is 11.5. The van der Waals surface area contributed by atoms with Crippen LogP contribution < -0.4 is 25.8 Å². The van der Waals surface area contributed by atoms with E-state index < -0.39 is 16.0 Å². The maximum absolute atomic E-state index is 11.8. The first-order valence-electron chi connectivity index (χ1n) is 10.2. The molecule has 5 N–H and O–H groups in total. The van der Waals surface area contributed by atoms with Gasteiger partial charge in [-0.2, -0.15) is 8.42 Å². The Labute approximate surface area is 206 Å². The number of primary amides is 1. The molecule has 1 aliphatic carbocycles. The van der Waals surface area contributed by atoms with Crippen molar-refractivity contribution >= 4 is 50.2 Å². The molecule has 1 heterocycles. The fourth-order valence-corrected chi connectivity index (χ4v) is 3.04. The number of nitrogens with two attached hydrogens (primary N) is 1. The van der Waals surface area contributed by atoms with Crippen LogP contribution in [0.3, 0.4) is 0 Å². The molecule has 0 radical (unpaired) electrons. The van der Waals surface area contributed by atoms with Gasteiger partial charge in [0.25, 0.3) is 10.1 Å². The summed E-state index contributed by atoms with van der Waals surface area (Å²) >= 11 is 6.23. The third-order valence-corrected chi connectivity index (χ3v) is 4.84. The van der Waals surface area contributed by atoms with Crippen molar-refractivity contribution in [3.05, 3.63) is 59.2 Å². The predicted octanol–water partition coefficient (Wildman–Crippen LogP) is 3.19. The van der Waals surface area contributed by atoms with E-state index in [1.807, 2.05) is 0 Å². The molecule has 13 heteroatoms. The second kappa shape index (κ2) is 11.2. The van der Waals surface area contributed by atoms with Crippen molar-refractivity contribution < 1.29 is 32.0 Å². The fraction of sp³-hybridized carbons (Fsp3) is 0.227. The molecule has 3 amide bonds. The normalized spacial score (nSPS) is 12.8. The summed E-state index contributed by atoms with van der Waals surface area (Å²) in [6.45, 7) is -0.0921. The zero-order valence-corrected chi connectivity index (χ0v) is 20.1. The molecule has 1 aromatic heterocycles. The third kappa shape index (κ3) is 8.59. The summed E-state index contributed by atoms with van der Waals surface area (Å²) in [5.41, 5.74) is 6.86. The number of nitrogens with one attached hydrogen (secondary N) is 2. The van der Waals surface area contributed by atoms with Gasteiger partial charge in [-0.25, -0.2) is 4.79 Å². The molecule has 11 nitrogen and oxygen atoms in total. The number of amides is 3. The average Bonchev–Trinajstić information content (AvgIpc) is 3.58. The minimum atomic E-state index is -3.67. The molecule has 0 saturated heterocycles. The standard InChI is InChI=1S/C21H19ClN4O4.CH4O3S/c22-16-10-14(4-6-18(16)26-21(28)25-13-2-3-13)29-11-30-19-7-8-24-17-5-1-12(20(23)27)9-15(17)19;1-5(2,3)4/h1,4-10,13H,2-3,11H2,(H2,23,27)(H2,25,26,28);1H3,(H,2,3,4). The van der Waals surface area contributed by atoms with Gasteiger partial charge in [-0.3, -0.25) is 14.3 Å². The lowest BCUT2D eigenvalue weighted by Crippen LogP contribution is -2.30. The lowest BCUT2D eigenvalue weighted by Gasteiger charge is -2.12. The number of benzene rings is 2. The molecule has 35 heavy (non-hydrogen) atoms. The summed E-state index contributed by atoms with van der Waals surface area (Å²) in [5.74, 6) is 0.450. The maximum atomic E-state index is 11.8. The molecule has 0 atom stereocenters. The van der Waals surface area contributed by atoms with Gasteiger partial charge in [-0.1, -0.05) is 11.6 Å². The van der Waals surface area contributed by atoms with Crippen molar-refractivity contribution in [1.29, 1.82) is 0 Å². The van der Waals surface area contributed by atoms with Gasteiger partial charge in [-0.15, -0.1) is 0 Å². The van der Waals surface area contributed by atoms with Crippen molar-refractivity contribution in [2.45, 2.75) is 18.9 Å². The Hall–Kier alpha value is -3.61. The van der Waals surface area contributed by atoms with Gasteiger partial charge in [0.1, 0.15) is 11.5 Å². The Bertz CT molecular complexity index is 1340. The van der Waals surface area contributed by atoms with Gasteiger partial charge in [0.05, 0.1) is 22.5 Å². The first-order chi connectivity index (χ1) is 16.5. The molecule has 2 aromatic carbocycles. The largest absolute Gasteiger partial charge is 0.457 e. The Morgan fingerprint density at radius 3 is 2.51 bits per heavy atom. The molecule has 186 valence electrons. The highest BCUT2D eigenvalue weighted by Gasteiger charge is 2.23. The highest BCUT2D eigenvalue weighted by atomic mass is 35.5. The Kier molecular flexibility index (Phi) is 8.33. The molecular formula is C22H23ClN4O7S. The van der Waals surface area contributed by atoms with Gasteiger partial charge < -0.3 is 25.8 Å². The lowest BCUT2D eigenvalue weighted by molar-refractivity contribution is 0.100. The number of nitrogens with zero attached hydrogens (tertiary/aromatic N) is 1. The van der Waals surface area contributed by atoms with E-state index in [-0.39, 0.29) is 18.9 Å². The number of hydrogen-bond donors (Lipinski definition) is 4. The summed E-state index contributed by atoms with van der Waals surface area (Å²) in [7, 11) is -3.67. The number of anilines is 1. The predicted molar refractivity (Wildman–Crippen MR) is 130 cm³/mol. The number of carbonyl (C=O) groups excluding carboxylic acids is 2. The number of aromatic nitrogens is 1. The van der Waals surface area contributed by atoms with E-state index in [1.54, 1.807) is 48.7 Å². The van der Waals surface area contributed by atoms with Crippen molar-refractivity contribution in [2.75, 3.05) is 18.4 Å². The van der Waals surface area contributed by atoms with Crippen LogP contribution in [0.4, 0.5) is 10.5 Å². The monoisotopic (exact) mass is 522 g/mol. The molecule has 1 fully saturated rings. The van der Waals surface area contributed by atoms with Crippen LogP contribution in [-0.4, -0.2) is 49.0 Å². The number of pyridine rings is 1. The highest BCUT2D eigenvalue weighted by Crippen LogP contribution is 2.28. The minimum absolute atomic E-state index is 0.0921. The topological polar surface area (TPSA) is 170 Å². The van der Waals surface area contributed by atoms with Crippen molar-refractivity contribution in [1.82, 2.24) is 10.3 Å². The van der Waals surface area contributed by atoms with Crippen molar-refractivity contribution in [3.63, 3.8) is 0 Å². The van der Waals surface area contributed by atoms with Gasteiger partial charge in [0, 0.05) is 29.3 Å². The quantitative estimate of drug-likeness (QED) is 0.270. The number of carbonyl (C=O) groups is 2. The van der Waals surface area contributed by atoms with E-state index in [2.05, 4.69) is 15.6 Å². The van der Waals surface area contributed by atoms with Crippen LogP contribution in [0.15, 0.2) is 48.7 Å². The first kappa shape index (κ1) is 26.0. The molecular weight excluding hydrogens is 500 g/mol. The van der Waals surface area contributed by atoms with Crippen LogP contribution in [0, 0.1) is 0 Å². The van der Waals surface area contributed by atoms with Crippen LogP contribution in [-0.2, 0) is 10.1 Å². The average molecular weight is 523 g/mol. The molecule has 0 unspecified atom stereocenters. The fourth-order valence-electron chi connectivity index (χ4n) is 2.82. The maximum Gasteiger partial charge on any atom is 0.319 e. The van der Waals surface area contributed by atoms with E-state index in [0.29, 0.717) is 44.9 Å². The van der Waals surface area contributed by atoms with Crippen LogP contribution >= 0.6 is 11.6 Å². The van der Waals surface area contributed by atoms with E-state index in [9.17, 15) is 18.0 Å². The van der Waals surface area contributed by atoms with Crippen molar-refractivity contribution in [3.8, 4) is 11.5 Å². The zero-order chi connectivity index (χ0) is 25.6. The van der Waals surface area contributed by atoms with Crippen LogP contribution in [0.25, 0.3) is 10.9 Å². The lowest BCUT2D eigenvalue weighted by atomic mass is 10.1. The summed E-state index contributed by atoms with van der Waals surface area (Å²) in [4.78, 5) is 27.5. The Morgan fingerprint density at radius 2 is 1.89 bits per heavy atom. The first-order valence-corrected chi connectivity index (χ1v) is 12.5. The molecule has 0 bridgehead atoms. The second-order valence-corrected chi connectivity index (χ2v) is 9.43. The summed E-state index contributed by atoms with van der Waals surface area (Å²) < 4.78 is 37.2. The van der Waals surface area contributed by atoms with Gasteiger partial charge in [0.2, 0.25) is 12.7 Å². The minimum Gasteiger partial charge on any atom is -0.457 e. The van der Waals surface area contributed by atoms with Gasteiger partial charge >= 0.3 is 6.03 Å². The van der Waals surface area contributed by atoms with Gasteiger partial charge in [0.15, 0.2) is 0 Å². The number of hydrogen-bond acceptors (Lipinski definition) is 7. The van der Waals surface area contributed by atoms with Crippen molar-refractivity contribution in [2.24, 2.45) is 5.73 Å².